The number of carbonyl (C=O) groups excluding carboxylic acids is 1. The lowest BCUT2D eigenvalue weighted by Gasteiger charge is -2.16. The van der Waals surface area contributed by atoms with Crippen LogP contribution >= 0.6 is 24.0 Å². The van der Waals surface area contributed by atoms with E-state index in [1.807, 2.05) is 0 Å². The zero-order valence-electron chi connectivity index (χ0n) is 13.6. The van der Waals surface area contributed by atoms with Gasteiger partial charge in [-0.1, -0.05) is 19.8 Å². The minimum atomic E-state index is 0. The quantitative estimate of drug-likeness (QED) is 0.261. The molecule has 1 saturated carbocycles. The minimum absolute atomic E-state index is 0. The molecule has 1 unspecified atom stereocenters. The maximum Gasteiger partial charge on any atom is 0.220 e. The smallest absolute Gasteiger partial charge is 0.220 e. The molecule has 1 aliphatic rings. The van der Waals surface area contributed by atoms with Gasteiger partial charge in [-0.2, -0.15) is 0 Å². The molecule has 0 aromatic heterocycles. The van der Waals surface area contributed by atoms with Crippen LogP contribution < -0.4 is 16.0 Å². The zero-order chi connectivity index (χ0) is 14.8. The van der Waals surface area contributed by atoms with Gasteiger partial charge in [0.05, 0.1) is 0 Å². The molecule has 0 bridgehead atoms. The summed E-state index contributed by atoms with van der Waals surface area (Å²) in [5.41, 5.74) is 0. The number of aliphatic imine (C=N–C) groups is 1. The lowest BCUT2D eigenvalue weighted by atomic mass is 10.0. The predicted octanol–water partition coefficient (Wildman–Crippen LogP) is 2.26. The summed E-state index contributed by atoms with van der Waals surface area (Å²) >= 11 is 0. The van der Waals surface area contributed by atoms with Crippen molar-refractivity contribution in [3.8, 4) is 0 Å². The van der Waals surface area contributed by atoms with Crippen LogP contribution in [-0.2, 0) is 4.79 Å². The first-order valence-electron chi connectivity index (χ1n) is 7.89. The number of nitrogens with one attached hydrogen (secondary N) is 3. The Morgan fingerprint density at radius 3 is 2.43 bits per heavy atom. The fourth-order valence-electron chi connectivity index (χ4n) is 2.46. The van der Waals surface area contributed by atoms with Crippen LogP contribution in [0.1, 0.15) is 52.4 Å². The molecule has 5 nitrogen and oxygen atoms in total. The van der Waals surface area contributed by atoms with Gasteiger partial charge in [0.25, 0.3) is 0 Å². The Labute approximate surface area is 146 Å². The third-order valence-corrected chi connectivity index (χ3v) is 3.91. The summed E-state index contributed by atoms with van der Waals surface area (Å²) < 4.78 is 0. The van der Waals surface area contributed by atoms with Crippen molar-refractivity contribution < 1.29 is 4.79 Å². The Bertz CT molecular complexity index is 317. The third kappa shape index (κ3) is 9.16. The van der Waals surface area contributed by atoms with Gasteiger partial charge in [-0.25, -0.2) is 0 Å². The van der Waals surface area contributed by atoms with Crippen molar-refractivity contribution in [1.82, 2.24) is 16.0 Å². The average Bonchev–Trinajstić information content (AvgIpc) is 2.94. The molecule has 0 aromatic carbocycles. The fraction of sp³-hybridized carbons (Fsp3) is 0.867. The Kier molecular flexibility index (Phi) is 11.8. The molecule has 1 amide bonds. The van der Waals surface area contributed by atoms with E-state index >= 15 is 0 Å². The molecule has 3 N–H and O–H groups in total. The van der Waals surface area contributed by atoms with Gasteiger partial charge in [0.15, 0.2) is 5.96 Å². The number of rotatable bonds is 7. The highest BCUT2D eigenvalue weighted by atomic mass is 127. The van der Waals surface area contributed by atoms with Crippen molar-refractivity contribution in [1.29, 1.82) is 0 Å². The van der Waals surface area contributed by atoms with Gasteiger partial charge in [-0.05, 0) is 32.1 Å². The third-order valence-electron chi connectivity index (χ3n) is 3.91. The van der Waals surface area contributed by atoms with E-state index in [1.165, 1.54) is 25.7 Å². The Balaban J connectivity index is 0.00000400. The molecular weight excluding hydrogens is 379 g/mol. The van der Waals surface area contributed by atoms with Crippen LogP contribution in [0.4, 0.5) is 0 Å². The predicted molar refractivity (Wildman–Crippen MR) is 99.3 cm³/mol. The number of amides is 1. The largest absolute Gasteiger partial charge is 0.355 e. The van der Waals surface area contributed by atoms with E-state index in [2.05, 4.69) is 34.8 Å². The molecule has 1 rings (SSSR count). The average molecular weight is 410 g/mol. The number of hydrogen-bond acceptors (Lipinski definition) is 2. The highest BCUT2D eigenvalue weighted by molar-refractivity contribution is 14.0. The van der Waals surface area contributed by atoms with Crippen molar-refractivity contribution in [2.75, 3.05) is 20.1 Å². The molecule has 1 fully saturated rings. The Hall–Kier alpha value is -0.530. The van der Waals surface area contributed by atoms with E-state index in [-0.39, 0.29) is 29.9 Å². The summed E-state index contributed by atoms with van der Waals surface area (Å²) in [6.45, 7) is 5.60. The van der Waals surface area contributed by atoms with Crippen LogP contribution in [0.25, 0.3) is 0 Å². The van der Waals surface area contributed by atoms with E-state index in [0.717, 1.165) is 12.4 Å². The van der Waals surface area contributed by atoms with Gasteiger partial charge in [-0.3, -0.25) is 9.79 Å². The van der Waals surface area contributed by atoms with Crippen LogP contribution in [0.3, 0.4) is 0 Å². The van der Waals surface area contributed by atoms with Crippen molar-refractivity contribution in [3.63, 3.8) is 0 Å². The van der Waals surface area contributed by atoms with Gasteiger partial charge >= 0.3 is 0 Å². The summed E-state index contributed by atoms with van der Waals surface area (Å²) in [4.78, 5) is 15.9. The molecule has 1 aliphatic carbocycles. The molecule has 6 heteroatoms. The van der Waals surface area contributed by atoms with Gasteiger partial charge < -0.3 is 16.0 Å². The Morgan fingerprint density at radius 1 is 1.24 bits per heavy atom. The Morgan fingerprint density at radius 2 is 1.86 bits per heavy atom. The summed E-state index contributed by atoms with van der Waals surface area (Å²) in [6, 6.07) is 0.401. The van der Waals surface area contributed by atoms with Gasteiger partial charge in [0.2, 0.25) is 5.91 Å². The van der Waals surface area contributed by atoms with Crippen LogP contribution in [0.15, 0.2) is 4.99 Å². The molecule has 0 spiro atoms. The standard InChI is InChI=1S/C15H30N4O.HI/c1-4-12(2)19-15(16-3)18-10-9-17-14(20)11-13-7-5-6-8-13;/h12-13H,4-11H2,1-3H3,(H,17,20)(H2,16,18,19);1H. The molecule has 0 aliphatic heterocycles. The summed E-state index contributed by atoms with van der Waals surface area (Å²) in [5.74, 6) is 1.59. The second-order valence-electron chi connectivity index (χ2n) is 5.66. The zero-order valence-corrected chi connectivity index (χ0v) is 15.9. The monoisotopic (exact) mass is 410 g/mol. The number of hydrogen-bond donors (Lipinski definition) is 3. The normalized spacial score (nSPS) is 17.0. The number of carbonyl (C=O) groups is 1. The number of guanidine groups is 1. The van der Waals surface area contributed by atoms with Crippen LogP contribution in [0.2, 0.25) is 0 Å². The second kappa shape index (κ2) is 12.1. The van der Waals surface area contributed by atoms with E-state index in [0.29, 0.717) is 31.5 Å². The molecule has 1 atom stereocenters. The van der Waals surface area contributed by atoms with E-state index in [4.69, 9.17) is 0 Å². The first kappa shape index (κ1) is 20.5. The fourth-order valence-corrected chi connectivity index (χ4v) is 2.46. The first-order valence-corrected chi connectivity index (χ1v) is 7.89. The SMILES string of the molecule is CCC(C)NC(=NC)NCCNC(=O)CC1CCCC1.I. The van der Waals surface area contributed by atoms with Gasteiger partial charge in [0.1, 0.15) is 0 Å². The first-order chi connectivity index (χ1) is 9.65. The topological polar surface area (TPSA) is 65.5 Å². The molecule has 0 saturated heterocycles. The maximum atomic E-state index is 11.8. The van der Waals surface area contributed by atoms with Gasteiger partial charge in [0, 0.05) is 32.6 Å². The summed E-state index contributed by atoms with van der Waals surface area (Å²) in [5, 5.41) is 9.47. The van der Waals surface area contributed by atoms with Crippen molar-refractivity contribution >= 4 is 35.8 Å². The van der Waals surface area contributed by atoms with Crippen molar-refractivity contribution in [2.24, 2.45) is 10.9 Å². The highest BCUT2D eigenvalue weighted by Crippen LogP contribution is 2.27. The van der Waals surface area contributed by atoms with Crippen molar-refractivity contribution in [3.05, 3.63) is 0 Å². The lowest BCUT2D eigenvalue weighted by Crippen LogP contribution is -2.44. The van der Waals surface area contributed by atoms with Crippen LogP contribution in [0.5, 0.6) is 0 Å². The van der Waals surface area contributed by atoms with E-state index in [1.54, 1.807) is 7.05 Å². The molecular formula is C15H31IN4O. The van der Waals surface area contributed by atoms with Gasteiger partial charge in [-0.15, -0.1) is 24.0 Å². The number of nitrogens with zero attached hydrogens (tertiary/aromatic N) is 1. The summed E-state index contributed by atoms with van der Waals surface area (Å²) in [7, 11) is 1.76. The summed E-state index contributed by atoms with van der Waals surface area (Å²) in [6.07, 6.45) is 6.77. The molecule has 0 heterocycles. The molecule has 124 valence electrons. The second-order valence-corrected chi connectivity index (χ2v) is 5.66. The molecule has 0 radical (unpaired) electrons. The lowest BCUT2D eigenvalue weighted by molar-refractivity contribution is -0.121. The minimum Gasteiger partial charge on any atom is -0.355 e. The van der Waals surface area contributed by atoms with Crippen molar-refractivity contribution in [2.45, 2.75) is 58.4 Å². The molecule has 0 aromatic rings. The number of halogens is 1. The van der Waals surface area contributed by atoms with E-state index in [9.17, 15) is 4.79 Å². The highest BCUT2D eigenvalue weighted by Gasteiger charge is 2.17. The van der Waals surface area contributed by atoms with Crippen LogP contribution in [0, 0.1) is 5.92 Å². The van der Waals surface area contributed by atoms with E-state index < -0.39 is 0 Å². The molecule has 21 heavy (non-hydrogen) atoms. The maximum absolute atomic E-state index is 11.8. The van der Waals surface area contributed by atoms with Crippen LogP contribution in [-0.4, -0.2) is 38.0 Å².